The molecule has 0 heterocycles. The highest BCUT2D eigenvalue weighted by Gasteiger charge is 2.50. The first-order chi connectivity index (χ1) is 10.9. The lowest BCUT2D eigenvalue weighted by Gasteiger charge is -2.44. The second-order valence-electron chi connectivity index (χ2n) is 7.00. The molecule has 0 radical (unpaired) electrons. The highest BCUT2D eigenvalue weighted by atomic mass is 28.4. The van der Waals surface area contributed by atoms with Crippen molar-refractivity contribution in [2.75, 3.05) is 0 Å². The van der Waals surface area contributed by atoms with Gasteiger partial charge in [0.05, 0.1) is 6.10 Å². The summed E-state index contributed by atoms with van der Waals surface area (Å²) >= 11 is 0. The molecule has 2 aromatic carbocycles. The first kappa shape index (κ1) is 17.5. The number of terminal acetylenes is 1. The largest absolute Gasteiger partial charge is 0.404 e. The highest BCUT2D eigenvalue weighted by Crippen LogP contribution is 2.37. The summed E-state index contributed by atoms with van der Waals surface area (Å²) in [6.45, 7) is 8.92. The van der Waals surface area contributed by atoms with E-state index in [4.69, 9.17) is 10.8 Å². The van der Waals surface area contributed by atoms with Gasteiger partial charge >= 0.3 is 0 Å². The van der Waals surface area contributed by atoms with Crippen LogP contribution in [0.1, 0.15) is 34.1 Å². The molecule has 2 heteroatoms. The Morgan fingerprint density at radius 3 is 1.74 bits per heavy atom. The van der Waals surface area contributed by atoms with Gasteiger partial charge in [0.25, 0.3) is 8.32 Å². The molecular weight excluding hydrogens is 296 g/mol. The second kappa shape index (κ2) is 7.17. The molecule has 0 saturated carbocycles. The summed E-state index contributed by atoms with van der Waals surface area (Å²) in [5.74, 6) is 2.74. The standard InChI is InChI=1S/C21H26OSi/c1-6-13-18(2)22-23(21(3,4)5,19-14-9-7-10-15-19)20-16-11-8-12-17-20/h1,7-12,14-18H,13H2,2-5H3/t18-/m0/s1. The molecule has 2 rings (SSSR count). The lowest BCUT2D eigenvalue weighted by atomic mass is 10.2. The normalized spacial score (nSPS) is 13.3. The van der Waals surface area contributed by atoms with Gasteiger partial charge in [-0.15, -0.1) is 12.3 Å². The van der Waals surface area contributed by atoms with E-state index >= 15 is 0 Å². The Bertz CT molecular complexity index is 610. The Labute approximate surface area is 141 Å². The van der Waals surface area contributed by atoms with Gasteiger partial charge in [0, 0.05) is 6.42 Å². The molecule has 0 N–H and O–H groups in total. The summed E-state index contributed by atoms with van der Waals surface area (Å²) in [5, 5.41) is 2.59. The highest BCUT2D eigenvalue weighted by molar-refractivity contribution is 6.99. The van der Waals surface area contributed by atoms with Crippen molar-refractivity contribution in [2.24, 2.45) is 0 Å². The van der Waals surface area contributed by atoms with Crippen LogP contribution in [0.25, 0.3) is 0 Å². The topological polar surface area (TPSA) is 9.23 Å². The fraction of sp³-hybridized carbons (Fsp3) is 0.333. The lowest BCUT2D eigenvalue weighted by molar-refractivity contribution is 0.212. The van der Waals surface area contributed by atoms with E-state index in [2.05, 4.69) is 94.3 Å². The van der Waals surface area contributed by atoms with Crippen LogP contribution in [0.3, 0.4) is 0 Å². The summed E-state index contributed by atoms with van der Waals surface area (Å²) in [6, 6.07) is 21.3. The van der Waals surface area contributed by atoms with Crippen LogP contribution >= 0.6 is 0 Å². The fourth-order valence-corrected chi connectivity index (χ4v) is 7.90. The van der Waals surface area contributed by atoms with Crippen molar-refractivity contribution in [2.45, 2.75) is 45.3 Å². The van der Waals surface area contributed by atoms with Crippen molar-refractivity contribution in [3.8, 4) is 12.3 Å². The van der Waals surface area contributed by atoms with E-state index in [0.717, 1.165) is 0 Å². The summed E-state index contributed by atoms with van der Waals surface area (Å²) in [4.78, 5) is 0. The molecule has 0 bridgehead atoms. The Kier molecular flexibility index (Phi) is 5.46. The van der Waals surface area contributed by atoms with Crippen molar-refractivity contribution in [1.82, 2.24) is 0 Å². The van der Waals surface area contributed by atoms with Crippen LogP contribution in [0.15, 0.2) is 60.7 Å². The minimum Gasteiger partial charge on any atom is -0.404 e. The molecule has 0 spiro atoms. The maximum atomic E-state index is 6.81. The van der Waals surface area contributed by atoms with Crippen LogP contribution in [0.2, 0.25) is 5.04 Å². The average Bonchev–Trinajstić information content (AvgIpc) is 2.53. The van der Waals surface area contributed by atoms with Gasteiger partial charge in [-0.25, -0.2) is 0 Å². The van der Waals surface area contributed by atoms with Gasteiger partial charge in [-0.1, -0.05) is 81.4 Å². The van der Waals surface area contributed by atoms with E-state index in [1.807, 2.05) is 0 Å². The van der Waals surface area contributed by atoms with Crippen LogP contribution in [-0.4, -0.2) is 14.4 Å². The zero-order valence-corrected chi connectivity index (χ0v) is 15.5. The van der Waals surface area contributed by atoms with E-state index in [-0.39, 0.29) is 11.1 Å². The monoisotopic (exact) mass is 322 g/mol. The molecule has 0 aliphatic heterocycles. The Morgan fingerprint density at radius 1 is 0.957 bits per heavy atom. The van der Waals surface area contributed by atoms with E-state index in [0.29, 0.717) is 6.42 Å². The van der Waals surface area contributed by atoms with E-state index < -0.39 is 8.32 Å². The molecule has 0 aliphatic rings. The van der Waals surface area contributed by atoms with Gasteiger partial charge in [0.2, 0.25) is 0 Å². The van der Waals surface area contributed by atoms with E-state index in [1.54, 1.807) is 0 Å². The third-order valence-corrected chi connectivity index (χ3v) is 9.36. The summed E-state index contributed by atoms with van der Waals surface area (Å²) in [5.41, 5.74) is 0. The van der Waals surface area contributed by atoms with Crippen molar-refractivity contribution >= 4 is 18.7 Å². The van der Waals surface area contributed by atoms with Crippen molar-refractivity contribution in [3.05, 3.63) is 60.7 Å². The van der Waals surface area contributed by atoms with Gasteiger partial charge in [0.15, 0.2) is 0 Å². The smallest absolute Gasteiger partial charge is 0.261 e. The van der Waals surface area contributed by atoms with Crippen molar-refractivity contribution in [1.29, 1.82) is 0 Å². The van der Waals surface area contributed by atoms with Gasteiger partial charge in [-0.2, -0.15) is 0 Å². The zero-order valence-electron chi connectivity index (χ0n) is 14.5. The first-order valence-electron chi connectivity index (χ1n) is 8.14. The fourth-order valence-electron chi connectivity index (χ4n) is 3.20. The molecule has 0 amide bonds. The maximum Gasteiger partial charge on any atom is 0.261 e. The summed E-state index contributed by atoms with van der Waals surface area (Å²) in [6.07, 6.45) is 6.18. The zero-order chi connectivity index (χ0) is 16.9. The first-order valence-corrected chi connectivity index (χ1v) is 10.0. The van der Waals surface area contributed by atoms with Crippen LogP contribution in [0, 0.1) is 12.3 Å². The van der Waals surface area contributed by atoms with Gasteiger partial charge in [-0.05, 0) is 22.3 Å². The Hall–Kier alpha value is -1.82. The quantitative estimate of drug-likeness (QED) is 0.598. The van der Waals surface area contributed by atoms with E-state index in [1.165, 1.54) is 10.4 Å². The molecule has 0 saturated heterocycles. The summed E-state index contributed by atoms with van der Waals surface area (Å²) in [7, 11) is -2.45. The van der Waals surface area contributed by atoms with Crippen molar-refractivity contribution in [3.63, 3.8) is 0 Å². The Balaban J connectivity index is 2.67. The lowest BCUT2D eigenvalue weighted by Crippen LogP contribution is -2.67. The number of hydrogen-bond acceptors (Lipinski definition) is 1. The molecule has 0 aliphatic carbocycles. The van der Waals surface area contributed by atoms with Crippen LogP contribution in [-0.2, 0) is 4.43 Å². The molecule has 1 nitrogen and oxygen atoms in total. The third-order valence-electron chi connectivity index (χ3n) is 4.20. The molecule has 120 valence electrons. The minimum absolute atomic E-state index is 0.00142. The van der Waals surface area contributed by atoms with Crippen LogP contribution < -0.4 is 10.4 Å². The maximum absolute atomic E-state index is 6.81. The number of hydrogen-bond donors (Lipinski definition) is 0. The van der Waals surface area contributed by atoms with Crippen molar-refractivity contribution < 1.29 is 4.43 Å². The molecule has 23 heavy (non-hydrogen) atoms. The van der Waals surface area contributed by atoms with Crippen LogP contribution in [0.5, 0.6) is 0 Å². The second-order valence-corrected chi connectivity index (χ2v) is 11.3. The van der Waals surface area contributed by atoms with Gasteiger partial charge in [-0.3, -0.25) is 0 Å². The molecule has 2 aromatic rings. The predicted molar refractivity (Wildman–Crippen MR) is 102 cm³/mol. The van der Waals surface area contributed by atoms with Gasteiger partial charge < -0.3 is 4.43 Å². The Morgan fingerprint density at radius 2 is 1.39 bits per heavy atom. The average molecular weight is 323 g/mol. The SMILES string of the molecule is C#CC[C@H](C)O[Si](c1ccccc1)(c1ccccc1)C(C)(C)C. The molecular formula is C21H26OSi. The minimum atomic E-state index is -2.45. The predicted octanol–water partition coefficient (Wildman–Crippen LogP) is 3.97. The molecule has 0 aromatic heterocycles. The number of rotatable bonds is 5. The van der Waals surface area contributed by atoms with Gasteiger partial charge in [0.1, 0.15) is 0 Å². The third kappa shape index (κ3) is 3.58. The van der Waals surface area contributed by atoms with Crippen LogP contribution in [0.4, 0.5) is 0 Å². The van der Waals surface area contributed by atoms with E-state index in [9.17, 15) is 0 Å². The molecule has 1 atom stereocenters. The summed E-state index contributed by atoms with van der Waals surface area (Å²) < 4.78 is 6.81. The number of benzene rings is 2. The molecule has 0 unspecified atom stereocenters. The molecule has 0 fully saturated rings.